The Hall–Kier alpha value is -1.80. The molecule has 3 heterocycles. The van der Waals surface area contributed by atoms with Crippen molar-refractivity contribution < 1.29 is 9.26 Å². The number of rotatable bonds is 5. The predicted molar refractivity (Wildman–Crippen MR) is 76.0 cm³/mol. The van der Waals surface area contributed by atoms with E-state index >= 15 is 0 Å². The molecule has 2 fully saturated rings. The van der Waals surface area contributed by atoms with Gasteiger partial charge in [0.05, 0.1) is 18.7 Å². The lowest BCUT2D eigenvalue weighted by Crippen LogP contribution is -2.26. The van der Waals surface area contributed by atoms with E-state index in [9.17, 15) is 0 Å². The standard InChI is InChI=1S/C14H20N6O2/c1-8-15-12(19-22-8)7-20-6-10(21-2)5-11(20)14-16-13(17-18-14)9-3-4-9/h9-11H,3-7H2,1-2H3,(H,16,17,18)/t10-,11+/m1/s1. The van der Waals surface area contributed by atoms with Crippen LogP contribution >= 0.6 is 0 Å². The van der Waals surface area contributed by atoms with Gasteiger partial charge in [0.25, 0.3) is 0 Å². The van der Waals surface area contributed by atoms with Gasteiger partial charge < -0.3 is 9.26 Å². The largest absolute Gasteiger partial charge is 0.380 e. The molecule has 0 unspecified atom stereocenters. The van der Waals surface area contributed by atoms with E-state index in [1.165, 1.54) is 12.8 Å². The van der Waals surface area contributed by atoms with Crippen LogP contribution in [0.4, 0.5) is 0 Å². The van der Waals surface area contributed by atoms with Gasteiger partial charge in [0.2, 0.25) is 5.89 Å². The molecular formula is C14H20N6O2. The molecule has 0 spiro atoms. The van der Waals surface area contributed by atoms with Crippen molar-refractivity contribution in [2.24, 2.45) is 0 Å². The molecule has 1 aliphatic carbocycles. The number of likely N-dealkylation sites (tertiary alicyclic amines) is 1. The lowest BCUT2D eigenvalue weighted by Gasteiger charge is -2.20. The summed E-state index contributed by atoms with van der Waals surface area (Å²) in [4.78, 5) is 11.3. The number of hydrogen-bond donors (Lipinski definition) is 1. The van der Waals surface area contributed by atoms with Crippen molar-refractivity contribution in [3.05, 3.63) is 23.4 Å². The van der Waals surface area contributed by atoms with Crippen molar-refractivity contribution in [3.8, 4) is 0 Å². The van der Waals surface area contributed by atoms with E-state index in [4.69, 9.17) is 14.2 Å². The van der Waals surface area contributed by atoms with Gasteiger partial charge in [-0.05, 0) is 19.3 Å². The summed E-state index contributed by atoms with van der Waals surface area (Å²) in [6, 6.07) is 0.156. The molecule has 0 bridgehead atoms. The lowest BCUT2D eigenvalue weighted by atomic mass is 10.2. The Balaban J connectivity index is 1.53. The Morgan fingerprint density at radius 1 is 1.36 bits per heavy atom. The van der Waals surface area contributed by atoms with Gasteiger partial charge in [0.1, 0.15) is 5.82 Å². The van der Waals surface area contributed by atoms with Crippen LogP contribution in [0.2, 0.25) is 0 Å². The quantitative estimate of drug-likeness (QED) is 0.890. The Kier molecular flexibility index (Phi) is 3.42. The normalized spacial score (nSPS) is 25.9. The average Bonchev–Trinajstić information content (AvgIpc) is 2.94. The molecule has 1 N–H and O–H groups in total. The van der Waals surface area contributed by atoms with Crippen LogP contribution in [-0.4, -0.2) is 50.0 Å². The number of aromatic nitrogens is 5. The molecule has 0 aromatic carbocycles. The maximum absolute atomic E-state index is 5.53. The monoisotopic (exact) mass is 304 g/mol. The van der Waals surface area contributed by atoms with E-state index < -0.39 is 0 Å². The van der Waals surface area contributed by atoms with Crippen LogP contribution in [0.25, 0.3) is 0 Å². The van der Waals surface area contributed by atoms with E-state index in [1.807, 2.05) is 0 Å². The Morgan fingerprint density at radius 3 is 2.91 bits per heavy atom. The average molecular weight is 304 g/mol. The minimum absolute atomic E-state index is 0.156. The SMILES string of the molecule is CO[C@@H]1C[C@@H](c2nc(C3CC3)n[nH]2)N(Cc2noc(C)n2)C1. The van der Waals surface area contributed by atoms with Gasteiger partial charge in [-0.1, -0.05) is 5.16 Å². The molecule has 22 heavy (non-hydrogen) atoms. The van der Waals surface area contributed by atoms with E-state index in [2.05, 4.69) is 25.2 Å². The number of aromatic amines is 1. The fourth-order valence-corrected chi connectivity index (χ4v) is 3.04. The number of methoxy groups -OCH3 is 1. The van der Waals surface area contributed by atoms with Crippen molar-refractivity contribution in [1.29, 1.82) is 0 Å². The summed E-state index contributed by atoms with van der Waals surface area (Å²) < 4.78 is 10.6. The summed E-state index contributed by atoms with van der Waals surface area (Å²) in [7, 11) is 1.75. The number of hydrogen-bond acceptors (Lipinski definition) is 7. The molecule has 8 heteroatoms. The molecular weight excluding hydrogens is 284 g/mol. The Labute approximate surface area is 128 Å². The van der Waals surface area contributed by atoms with E-state index in [0.717, 1.165) is 24.6 Å². The van der Waals surface area contributed by atoms with E-state index in [0.29, 0.717) is 24.2 Å². The summed E-state index contributed by atoms with van der Waals surface area (Å²) in [5.74, 6) is 3.71. The van der Waals surface area contributed by atoms with Gasteiger partial charge in [-0.25, -0.2) is 4.98 Å². The van der Waals surface area contributed by atoms with Gasteiger partial charge in [0, 0.05) is 26.5 Å². The van der Waals surface area contributed by atoms with Gasteiger partial charge in [-0.15, -0.1) is 0 Å². The van der Waals surface area contributed by atoms with E-state index in [1.54, 1.807) is 14.0 Å². The van der Waals surface area contributed by atoms with E-state index in [-0.39, 0.29) is 12.1 Å². The maximum atomic E-state index is 5.53. The maximum Gasteiger partial charge on any atom is 0.223 e. The second-order valence-electron chi connectivity index (χ2n) is 6.12. The summed E-state index contributed by atoms with van der Waals surface area (Å²) in [6.07, 6.45) is 3.49. The summed E-state index contributed by atoms with van der Waals surface area (Å²) >= 11 is 0. The fraction of sp³-hybridized carbons (Fsp3) is 0.714. The van der Waals surface area contributed by atoms with Crippen LogP contribution in [0.5, 0.6) is 0 Å². The molecule has 118 valence electrons. The van der Waals surface area contributed by atoms with Crippen molar-refractivity contribution in [2.45, 2.75) is 50.8 Å². The predicted octanol–water partition coefficient (Wildman–Crippen LogP) is 1.34. The minimum atomic E-state index is 0.156. The van der Waals surface area contributed by atoms with Crippen LogP contribution < -0.4 is 0 Å². The van der Waals surface area contributed by atoms with Gasteiger partial charge >= 0.3 is 0 Å². The fourth-order valence-electron chi connectivity index (χ4n) is 3.04. The highest BCUT2D eigenvalue weighted by molar-refractivity contribution is 5.09. The first-order valence-electron chi connectivity index (χ1n) is 7.71. The second-order valence-corrected chi connectivity index (χ2v) is 6.12. The molecule has 4 rings (SSSR count). The number of nitrogens with one attached hydrogen (secondary N) is 1. The number of H-pyrrole nitrogens is 1. The molecule has 1 aliphatic heterocycles. The molecule has 2 aromatic heterocycles. The number of aryl methyl sites for hydroxylation is 1. The zero-order chi connectivity index (χ0) is 15.1. The highest BCUT2D eigenvalue weighted by atomic mass is 16.5. The van der Waals surface area contributed by atoms with Crippen LogP contribution in [0, 0.1) is 6.92 Å². The van der Waals surface area contributed by atoms with Crippen LogP contribution in [0.3, 0.4) is 0 Å². The third kappa shape index (κ3) is 2.64. The first kappa shape index (κ1) is 13.8. The second kappa shape index (κ2) is 5.44. The zero-order valence-electron chi connectivity index (χ0n) is 12.8. The molecule has 2 aromatic rings. The molecule has 1 saturated heterocycles. The highest BCUT2D eigenvalue weighted by Gasteiger charge is 2.37. The third-order valence-electron chi connectivity index (χ3n) is 4.39. The highest BCUT2D eigenvalue weighted by Crippen LogP contribution is 2.39. The van der Waals surface area contributed by atoms with Gasteiger partial charge in [-0.3, -0.25) is 10.00 Å². The minimum Gasteiger partial charge on any atom is -0.380 e. The topological polar surface area (TPSA) is 93.0 Å². The van der Waals surface area contributed by atoms with Crippen molar-refractivity contribution in [2.75, 3.05) is 13.7 Å². The van der Waals surface area contributed by atoms with Crippen molar-refractivity contribution in [3.63, 3.8) is 0 Å². The van der Waals surface area contributed by atoms with Crippen LogP contribution in [-0.2, 0) is 11.3 Å². The zero-order valence-corrected chi connectivity index (χ0v) is 12.8. The molecule has 0 radical (unpaired) electrons. The first-order valence-corrected chi connectivity index (χ1v) is 7.71. The number of ether oxygens (including phenoxy) is 1. The van der Waals surface area contributed by atoms with Crippen LogP contribution in [0.1, 0.15) is 54.6 Å². The number of nitrogens with zero attached hydrogens (tertiary/aromatic N) is 5. The third-order valence-corrected chi connectivity index (χ3v) is 4.39. The van der Waals surface area contributed by atoms with Gasteiger partial charge in [-0.2, -0.15) is 10.1 Å². The molecule has 0 amide bonds. The summed E-state index contributed by atoms with van der Waals surface area (Å²) in [5, 5.41) is 11.5. The lowest BCUT2D eigenvalue weighted by molar-refractivity contribution is 0.106. The first-order chi connectivity index (χ1) is 10.7. The molecule has 2 aliphatic rings. The summed E-state index contributed by atoms with van der Waals surface area (Å²) in [5.41, 5.74) is 0. The molecule has 1 saturated carbocycles. The van der Waals surface area contributed by atoms with Crippen molar-refractivity contribution >= 4 is 0 Å². The molecule has 2 atom stereocenters. The Bertz CT molecular complexity index is 649. The smallest absolute Gasteiger partial charge is 0.223 e. The molecule has 8 nitrogen and oxygen atoms in total. The summed E-state index contributed by atoms with van der Waals surface area (Å²) in [6.45, 7) is 3.25. The Morgan fingerprint density at radius 2 is 2.23 bits per heavy atom. The van der Waals surface area contributed by atoms with Gasteiger partial charge in [0.15, 0.2) is 11.6 Å². The van der Waals surface area contributed by atoms with Crippen molar-refractivity contribution in [1.82, 2.24) is 30.2 Å². The van der Waals surface area contributed by atoms with Crippen LogP contribution in [0.15, 0.2) is 4.52 Å².